The number of aromatic amines is 1. The molecule has 152 valence electrons. The molecule has 0 spiro atoms. The molecule has 30 heavy (non-hydrogen) atoms. The molecule has 2 N–H and O–H groups in total. The molecule has 1 aliphatic heterocycles. The molecule has 1 aromatic heterocycles. The van der Waals surface area contributed by atoms with Gasteiger partial charge in [-0.15, -0.1) is 0 Å². The van der Waals surface area contributed by atoms with E-state index in [9.17, 15) is 19.1 Å². The number of H-pyrrole nitrogens is 1. The van der Waals surface area contributed by atoms with Gasteiger partial charge in [-0.2, -0.15) is 0 Å². The molecule has 1 atom stereocenters. The summed E-state index contributed by atoms with van der Waals surface area (Å²) in [5, 5.41) is 10.9. The van der Waals surface area contributed by atoms with Crippen LogP contribution in [0.1, 0.15) is 29.4 Å². The van der Waals surface area contributed by atoms with Crippen LogP contribution in [0.15, 0.2) is 72.6 Å². The van der Waals surface area contributed by atoms with E-state index in [1.54, 1.807) is 42.7 Å². The lowest BCUT2D eigenvalue weighted by molar-refractivity contribution is -0.139. The Morgan fingerprint density at radius 2 is 1.83 bits per heavy atom. The minimum absolute atomic E-state index is 0.0100. The van der Waals surface area contributed by atoms with Gasteiger partial charge in [-0.25, -0.2) is 9.37 Å². The van der Waals surface area contributed by atoms with Crippen molar-refractivity contribution in [3.05, 3.63) is 95.3 Å². The number of carbonyl (C=O) groups excluding carboxylic acids is 2. The van der Waals surface area contributed by atoms with Gasteiger partial charge in [0.1, 0.15) is 17.4 Å². The molecule has 2 heterocycles. The lowest BCUT2D eigenvalue weighted by atomic mass is 9.95. The van der Waals surface area contributed by atoms with E-state index in [1.807, 2.05) is 0 Å². The number of amides is 1. The largest absolute Gasteiger partial charge is 0.507 e. The van der Waals surface area contributed by atoms with E-state index in [0.717, 1.165) is 5.82 Å². The zero-order valence-electron chi connectivity index (χ0n) is 16.1. The van der Waals surface area contributed by atoms with Crippen molar-refractivity contribution in [1.82, 2.24) is 14.9 Å². The van der Waals surface area contributed by atoms with Gasteiger partial charge in [-0.3, -0.25) is 9.59 Å². The highest BCUT2D eigenvalue weighted by atomic mass is 19.1. The maximum Gasteiger partial charge on any atom is 0.295 e. The average Bonchev–Trinajstić information content (AvgIpc) is 3.37. The highest BCUT2D eigenvalue weighted by Crippen LogP contribution is 2.39. The number of nitrogens with one attached hydrogen (secondary N) is 1. The molecule has 1 amide bonds. The number of likely N-dealkylation sites (tertiary alicyclic amines) is 1. The Morgan fingerprint density at radius 3 is 2.50 bits per heavy atom. The van der Waals surface area contributed by atoms with E-state index in [2.05, 4.69) is 9.97 Å². The molecule has 1 saturated heterocycles. The van der Waals surface area contributed by atoms with Crippen LogP contribution in [0.2, 0.25) is 0 Å². The molecule has 0 aliphatic carbocycles. The summed E-state index contributed by atoms with van der Waals surface area (Å²) in [5.74, 6) is -1.30. The molecule has 0 bridgehead atoms. The van der Waals surface area contributed by atoms with Gasteiger partial charge >= 0.3 is 0 Å². The molecule has 1 fully saturated rings. The molecule has 2 aromatic carbocycles. The zero-order chi connectivity index (χ0) is 21.1. The average molecular weight is 405 g/mol. The van der Waals surface area contributed by atoms with Crippen LogP contribution in [0.5, 0.6) is 0 Å². The summed E-state index contributed by atoms with van der Waals surface area (Å²) in [7, 11) is 0. The lowest BCUT2D eigenvalue weighted by Gasteiger charge is -2.25. The number of aryl methyl sites for hydroxylation is 1. The molecule has 1 aliphatic rings. The maximum atomic E-state index is 13.5. The van der Waals surface area contributed by atoms with E-state index in [-0.39, 0.29) is 11.3 Å². The van der Waals surface area contributed by atoms with E-state index in [1.165, 1.54) is 29.2 Å². The van der Waals surface area contributed by atoms with E-state index in [4.69, 9.17) is 0 Å². The number of aromatic nitrogens is 2. The summed E-state index contributed by atoms with van der Waals surface area (Å²) in [6.45, 7) is 0.291. The third-order valence-electron chi connectivity index (χ3n) is 5.14. The predicted molar refractivity (Wildman–Crippen MR) is 109 cm³/mol. The van der Waals surface area contributed by atoms with Gasteiger partial charge in [-0.05, 0) is 24.1 Å². The Morgan fingerprint density at radius 1 is 1.10 bits per heavy atom. The van der Waals surface area contributed by atoms with Gasteiger partial charge in [0.15, 0.2) is 0 Å². The second-order valence-electron chi connectivity index (χ2n) is 7.05. The number of aliphatic hydroxyl groups is 1. The fourth-order valence-electron chi connectivity index (χ4n) is 3.71. The van der Waals surface area contributed by atoms with Crippen molar-refractivity contribution in [2.75, 3.05) is 6.54 Å². The second-order valence-corrected chi connectivity index (χ2v) is 7.05. The van der Waals surface area contributed by atoms with Crippen molar-refractivity contribution < 1.29 is 19.1 Å². The Labute approximate surface area is 172 Å². The van der Waals surface area contributed by atoms with Crippen molar-refractivity contribution in [3.8, 4) is 0 Å². The summed E-state index contributed by atoms with van der Waals surface area (Å²) in [6.07, 6.45) is 4.55. The molecular weight excluding hydrogens is 385 g/mol. The summed E-state index contributed by atoms with van der Waals surface area (Å²) in [6, 6.07) is 13.4. The van der Waals surface area contributed by atoms with Crippen LogP contribution < -0.4 is 0 Å². The SMILES string of the molecule is O=C1C(=O)N(CCCc2ncc[nH]2)C(c2ccc(F)cc2)/C1=C(\O)c1ccccc1. The fourth-order valence-corrected chi connectivity index (χ4v) is 3.71. The fraction of sp³-hybridized carbons (Fsp3) is 0.174. The van der Waals surface area contributed by atoms with Crippen LogP contribution in [0.4, 0.5) is 4.39 Å². The number of aliphatic hydroxyl groups excluding tert-OH is 1. The Hall–Kier alpha value is -3.74. The van der Waals surface area contributed by atoms with Crippen LogP contribution >= 0.6 is 0 Å². The van der Waals surface area contributed by atoms with Crippen molar-refractivity contribution in [2.45, 2.75) is 18.9 Å². The Bertz CT molecular complexity index is 1080. The van der Waals surface area contributed by atoms with Crippen molar-refractivity contribution in [1.29, 1.82) is 0 Å². The van der Waals surface area contributed by atoms with Crippen LogP contribution in [0, 0.1) is 5.82 Å². The van der Waals surface area contributed by atoms with Crippen molar-refractivity contribution in [3.63, 3.8) is 0 Å². The third kappa shape index (κ3) is 3.74. The summed E-state index contributed by atoms with van der Waals surface area (Å²) in [5.41, 5.74) is 1.01. The second kappa shape index (κ2) is 8.32. The molecule has 3 aromatic rings. The smallest absolute Gasteiger partial charge is 0.295 e. The predicted octanol–water partition coefficient (Wildman–Crippen LogP) is 3.60. The minimum Gasteiger partial charge on any atom is -0.507 e. The third-order valence-corrected chi connectivity index (χ3v) is 5.14. The lowest BCUT2D eigenvalue weighted by Crippen LogP contribution is -2.31. The van der Waals surface area contributed by atoms with Gasteiger partial charge < -0.3 is 15.0 Å². The number of hydrogen-bond donors (Lipinski definition) is 2. The Balaban J connectivity index is 1.72. The normalized spacial score (nSPS) is 18.2. The van der Waals surface area contributed by atoms with E-state index >= 15 is 0 Å². The highest BCUT2D eigenvalue weighted by molar-refractivity contribution is 6.46. The quantitative estimate of drug-likeness (QED) is 0.373. The molecular formula is C23H20FN3O3. The van der Waals surface area contributed by atoms with Crippen LogP contribution in [-0.4, -0.2) is 38.2 Å². The first-order valence-corrected chi connectivity index (χ1v) is 9.64. The van der Waals surface area contributed by atoms with Gasteiger partial charge in [0, 0.05) is 30.9 Å². The number of halogens is 1. The summed E-state index contributed by atoms with van der Waals surface area (Å²) >= 11 is 0. The van der Waals surface area contributed by atoms with Gasteiger partial charge in [0.2, 0.25) is 0 Å². The number of benzene rings is 2. The molecule has 0 saturated carbocycles. The minimum atomic E-state index is -0.789. The number of Topliss-reactive ketones (excluding diaryl/α,β-unsaturated/α-hetero) is 1. The number of nitrogens with zero attached hydrogens (tertiary/aromatic N) is 2. The first-order valence-electron chi connectivity index (χ1n) is 9.64. The summed E-state index contributed by atoms with van der Waals surface area (Å²) < 4.78 is 13.5. The van der Waals surface area contributed by atoms with Crippen LogP contribution in [0.25, 0.3) is 5.76 Å². The maximum absolute atomic E-state index is 13.5. The molecule has 0 radical (unpaired) electrons. The standard InChI is InChI=1S/C23H20FN3O3/c24-17-10-8-15(9-11-17)20-19(21(28)16-5-2-1-3-6-16)22(29)23(30)27(20)14-4-7-18-25-12-13-26-18/h1-3,5-6,8-13,20,28H,4,7,14H2,(H,25,26)/b21-19+. The molecule has 4 rings (SSSR count). The van der Waals surface area contributed by atoms with Gasteiger partial charge in [0.05, 0.1) is 11.6 Å². The topological polar surface area (TPSA) is 86.3 Å². The number of imidazole rings is 1. The van der Waals surface area contributed by atoms with Gasteiger partial charge in [-0.1, -0.05) is 42.5 Å². The molecule has 7 heteroatoms. The highest BCUT2D eigenvalue weighted by Gasteiger charge is 2.45. The Kier molecular flexibility index (Phi) is 5.43. The van der Waals surface area contributed by atoms with Crippen molar-refractivity contribution in [2.24, 2.45) is 0 Å². The summed E-state index contributed by atoms with van der Waals surface area (Å²) in [4.78, 5) is 34.3. The van der Waals surface area contributed by atoms with Crippen LogP contribution in [0.3, 0.4) is 0 Å². The van der Waals surface area contributed by atoms with Crippen molar-refractivity contribution >= 4 is 17.4 Å². The monoisotopic (exact) mass is 405 g/mol. The van der Waals surface area contributed by atoms with E-state index < -0.39 is 23.5 Å². The number of hydrogen-bond acceptors (Lipinski definition) is 4. The first kappa shape index (κ1) is 19.6. The van der Waals surface area contributed by atoms with Gasteiger partial charge in [0.25, 0.3) is 11.7 Å². The van der Waals surface area contributed by atoms with Crippen LogP contribution in [-0.2, 0) is 16.0 Å². The molecule has 1 unspecified atom stereocenters. The first-order chi connectivity index (χ1) is 14.6. The number of rotatable bonds is 6. The number of carbonyl (C=O) groups is 2. The van der Waals surface area contributed by atoms with E-state index in [0.29, 0.717) is 30.5 Å². The zero-order valence-corrected chi connectivity index (χ0v) is 16.1. The number of ketones is 1. The molecule has 6 nitrogen and oxygen atoms in total.